The van der Waals surface area contributed by atoms with Gasteiger partial charge in [0.15, 0.2) is 0 Å². The first kappa shape index (κ1) is 21.0. The summed E-state index contributed by atoms with van der Waals surface area (Å²) in [7, 11) is 0. The molecule has 0 saturated heterocycles. The molecule has 4 atom stereocenters. The fourth-order valence-corrected chi connectivity index (χ4v) is 3.45. The van der Waals surface area contributed by atoms with Gasteiger partial charge in [0, 0.05) is 0 Å². The van der Waals surface area contributed by atoms with Gasteiger partial charge in [-0.15, -0.1) is 0 Å². The third-order valence-electron chi connectivity index (χ3n) is 5.81. The van der Waals surface area contributed by atoms with Gasteiger partial charge in [-0.1, -0.05) is 99.8 Å². The molecule has 0 aromatic carbocycles. The maximum absolute atomic E-state index is 2.47. The Bertz CT molecular complexity index is 218. The molecule has 0 rings (SSSR count). The quantitative estimate of drug-likeness (QED) is 0.305. The molecule has 0 aliphatic rings. The fourth-order valence-electron chi connectivity index (χ4n) is 3.45. The fraction of sp³-hybridized carbons (Fsp3) is 1.00. The molecule has 0 spiro atoms. The van der Waals surface area contributed by atoms with Crippen LogP contribution < -0.4 is 0 Å². The molecule has 4 unspecified atom stereocenters. The summed E-state index contributed by atoms with van der Waals surface area (Å²) in [6, 6.07) is 0. The highest BCUT2D eigenvalue weighted by Crippen LogP contribution is 2.31. The van der Waals surface area contributed by atoms with Gasteiger partial charge in [-0.05, 0) is 36.0 Å². The lowest BCUT2D eigenvalue weighted by Gasteiger charge is -2.27. The van der Waals surface area contributed by atoms with Gasteiger partial charge in [0.2, 0.25) is 0 Å². The minimum Gasteiger partial charge on any atom is -0.0654 e. The average molecular weight is 297 g/mol. The Morgan fingerprint density at radius 1 is 0.667 bits per heavy atom. The van der Waals surface area contributed by atoms with Crippen LogP contribution in [0, 0.1) is 29.6 Å². The summed E-state index contributed by atoms with van der Waals surface area (Å²) in [6.07, 6.45) is 12.8. The molecule has 0 aromatic rings. The van der Waals surface area contributed by atoms with Crippen molar-refractivity contribution in [1.82, 2.24) is 0 Å². The highest BCUT2D eigenvalue weighted by atomic mass is 14.3. The average Bonchev–Trinajstić information content (AvgIpc) is 2.45. The second-order valence-corrected chi connectivity index (χ2v) is 8.13. The highest BCUT2D eigenvalue weighted by Gasteiger charge is 2.19. The van der Waals surface area contributed by atoms with E-state index in [2.05, 4.69) is 48.5 Å². The lowest BCUT2D eigenvalue weighted by Crippen LogP contribution is -2.17. The summed E-state index contributed by atoms with van der Waals surface area (Å²) in [6.45, 7) is 16.9. The predicted molar refractivity (Wildman–Crippen MR) is 98.7 cm³/mol. The molecule has 0 radical (unpaired) electrons. The maximum Gasteiger partial charge on any atom is -0.0388 e. The van der Waals surface area contributed by atoms with E-state index in [-0.39, 0.29) is 0 Å². The summed E-state index contributed by atoms with van der Waals surface area (Å²) < 4.78 is 0. The molecule has 21 heavy (non-hydrogen) atoms. The summed E-state index contributed by atoms with van der Waals surface area (Å²) in [4.78, 5) is 0. The Labute approximate surface area is 136 Å². The van der Waals surface area contributed by atoms with Crippen molar-refractivity contribution >= 4 is 0 Å². The first-order chi connectivity index (χ1) is 9.92. The SMILES string of the molecule is CCCCCC(C)CCCC(CC(C)C(C)CC)C(C)C. The van der Waals surface area contributed by atoms with Crippen molar-refractivity contribution in [2.75, 3.05) is 0 Å². The van der Waals surface area contributed by atoms with Crippen LogP contribution in [0.3, 0.4) is 0 Å². The molecule has 0 aromatic heterocycles. The largest absolute Gasteiger partial charge is 0.0654 e. The second-order valence-electron chi connectivity index (χ2n) is 8.13. The lowest BCUT2D eigenvalue weighted by atomic mass is 9.78. The molecule has 0 saturated carbocycles. The summed E-state index contributed by atoms with van der Waals surface area (Å²) >= 11 is 0. The van der Waals surface area contributed by atoms with Crippen LogP contribution in [0.2, 0.25) is 0 Å². The molecule has 0 nitrogen and oxygen atoms in total. The van der Waals surface area contributed by atoms with E-state index in [0.717, 1.165) is 29.6 Å². The van der Waals surface area contributed by atoms with E-state index in [1.54, 1.807) is 0 Å². The molecular weight excluding hydrogens is 252 g/mol. The van der Waals surface area contributed by atoms with E-state index in [0.29, 0.717) is 0 Å². The normalized spacial score (nSPS) is 17.7. The van der Waals surface area contributed by atoms with Gasteiger partial charge in [0.1, 0.15) is 0 Å². The van der Waals surface area contributed by atoms with Crippen LogP contribution in [0.4, 0.5) is 0 Å². The third kappa shape index (κ3) is 10.4. The predicted octanol–water partition coefficient (Wildman–Crippen LogP) is 7.72. The molecule has 0 heteroatoms. The van der Waals surface area contributed by atoms with Crippen LogP contribution in [0.1, 0.15) is 106 Å². The van der Waals surface area contributed by atoms with Crippen molar-refractivity contribution in [2.24, 2.45) is 29.6 Å². The molecular formula is C21H44. The maximum atomic E-state index is 2.47. The zero-order valence-corrected chi connectivity index (χ0v) is 16.3. The number of unbranched alkanes of at least 4 members (excludes halogenated alkanes) is 2. The number of hydrogen-bond donors (Lipinski definition) is 0. The standard InChI is InChI=1S/C21H44/c1-8-10-11-13-18(5)14-12-15-21(17(3)4)16-20(7)19(6)9-2/h17-21H,8-16H2,1-7H3. The Hall–Kier alpha value is 0. The molecule has 0 fully saturated rings. The van der Waals surface area contributed by atoms with E-state index in [1.165, 1.54) is 57.8 Å². The van der Waals surface area contributed by atoms with Crippen LogP contribution in [-0.4, -0.2) is 0 Å². The molecule has 128 valence electrons. The second kappa shape index (κ2) is 12.5. The Morgan fingerprint density at radius 3 is 1.81 bits per heavy atom. The zero-order chi connectivity index (χ0) is 16.3. The number of rotatable bonds is 13. The van der Waals surface area contributed by atoms with Gasteiger partial charge in [-0.2, -0.15) is 0 Å². The summed E-state index contributed by atoms with van der Waals surface area (Å²) in [5.41, 5.74) is 0. The Balaban J connectivity index is 3.99. The van der Waals surface area contributed by atoms with Gasteiger partial charge in [0.05, 0.1) is 0 Å². The van der Waals surface area contributed by atoms with E-state index in [1.807, 2.05) is 0 Å². The minimum absolute atomic E-state index is 0.854. The van der Waals surface area contributed by atoms with Crippen LogP contribution in [0.25, 0.3) is 0 Å². The Morgan fingerprint density at radius 2 is 1.29 bits per heavy atom. The van der Waals surface area contributed by atoms with Crippen molar-refractivity contribution in [3.05, 3.63) is 0 Å². The van der Waals surface area contributed by atoms with Crippen molar-refractivity contribution in [3.8, 4) is 0 Å². The first-order valence-corrected chi connectivity index (χ1v) is 9.92. The van der Waals surface area contributed by atoms with Gasteiger partial charge in [-0.3, -0.25) is 0 Å². The van der Waals surface area contributed by atoms with Gasteiger partial charge < -0.3 is 0 Å². The van der Waals surface area contributed by atoms with Crippen LogP contribution in [0.15, 0.2) is 0 Å². The highest BCUT2D eigenvalue weighted by molar-refractivity contribution is 4.70. The van der Waals surface area contributed by atoms with Gasteiger partial charge >= 0.3 is 0 Å². The van der Waals surface area contributed by atoms with Crippen LogP contribution in [-0.2, 0) is 0 Å². The first-order valence-electron chi connectivity index (χ1n) is 9.92. The zero-order valence-electron chi connectivity index (χ0n) is 16.3. The van der Waals surface area contributed by atoms with Crippen LogP contribution in [0.5, 0.6) is 0 Å². The van der Waals surface area contributed by atoms with E-state index in [4.69, 9.17) is 0 Å². The van der Waals surface area contributed by atoms with Crippen molar-refractivity contribution in [1.29, 1.82) is 0 Å². The molecule has 0 amide bonds. The van der Waals surface area contributed by atoms with Gasteiger partial charge in [0.25, 0.3) is 0 Å². The lowest BCUT2D eigenvalue weighted by molar-refractivity contribution is 0.233. The summed E-state index contributed by atoms with van der Waals surface area (Å²) in [5, 5.41) is 0. The van der Waals surface area contributed by atoms with Crippen LogP contribution >= 0.6 is 0 Å². The van der Waals surface area contributed by atoms with E-state index < -0.39 is 0 Å². The topological polar surface area (TPSA) is 0 Å². The number of hydrogen-bond acceptors (Lipinski definition) is 0. The Kier molecular flexibility index (Phi) is 12.5. The van der Waals surface area contributed by atoms with Crippen molar-refractivity contribution in [2.45, 2.75) is 106 Å². The molecule has 0 heterocycles. The van der Waals surface area contributed by atoms with Gasteiger partial charge in [-0.25, -0.2) is 0 Å². The minimum atomic E-state index is 0.854. The molecule has 0 N–H and O–H groups in total. The molecule has 0 bridgehead atoms. The summed E-state index contributed by atoms with van der Waals surface area (Å²) in [5.74, 6) is 4.52. The van der Waals surface area contributed by atoms with Crippen molar-refractivity contribution in [3.63, 3.8) is 0 Å². The molecule has 0 aliphatic carbocycles. The smallest absolute Gasteiger partial charge is 0.0388 e. The third-order valence-corrected chi connectivity index (χ3v) is 5.81. The van der Waals surface area contributed by atoms with E-state index in [9.17, 15) is 0 Å². The monoisotopic (exact) mass is 296 g/mol. The van der Waals surface area contributed by atoms with Crippen molar-refractivity contribution < 1.29 is 0 Å². The molecule has 0 aliphatic heterocycles. The van der Waals surface area contributed by atoms with E-state index >= 15 is 0 Å².